The molecule has 5 nitrogen and oxygen atoms in total. The van der Waals surface area contributed by atoms with Crippen molar-refractivity contribution >= 4 is 5.96 Å². The van der Waals surface area contributed by atoms with E-state index < -0.39 is 12.7 Å². The molecule has 1 fully saturated rings. The first-order valence-corrected chi connectivity index (χ1v) is 9.42. The molecule has 1 atom stereocenters. The fourth-order valence-electron chi connectivity index (χ4n) is 3.22. The molecule has 0 radical (unpaired) electrons. The first-order chi connectivity index (χ1) is 13.2. The van der Waals surface area contributed by atoms with Gasteiger partial charge in [0.15, 0.2) is 5.96 Å². The standard InChI is InChI=1S/C19H29F4N5/c1-4-24-18(26-16-7-8-28(12-16)13-19(21,22)23)25-10-14-5-6-17(20)15(9-14)11-27(2)3/h5-6,9,16H,4,7-8,10-13H2,1-3H3,(H2,24,25,26). The predicted octanol–water partition coefficient (Wildman–Crippen LogP) is 2.58. The zero-order valence-electron chi connectivity index (χ0n) is 16.6. The minimum atomic E-state index is -4.18. The van der Waals surface area contributed by atoms with Crippen LogP contribution in [0.2, 0.25) is 0 Å². The van der Waals surface area contributed by atoms with Crippen molar-refractivity contribution in [3.05, 3.63) is 35.1 Å². The number of hydrogen-bond donors (Lipinski definition) is 2. The Kier molecular flexibility index (Phi) is 8.06. The molecule has 2 N–H and O–H groups in total. The van der Waals surface area contributed by atoms with Gasteiger partial charge in [-0.3, -0.25) is 4.90 Å². The van der Waals surface area contributed by atoms with Crippen LogP contribution in [0.25, 0.3) is 0 Å². The molecule has 0 aromatic heterocycles. The minimum Gasteiger partial charge on any atom is -0.357 e. The molecular weight excluding hydrogens is 374 g/mol. The summed E-state index contributed by atoms with van der Waals surface area (Å²) in [7, 11) is 3.75. The third kappa shape index (κ3) is 7.63. The molecule has 1 unspecified atom stereocenters. The molecule has 158 valence electrons. The molecule has 0 spiro atoms. The van der Waals surface area contributed by atoms with Crippen LogP contribution in [0.1, 0.15) is 24.5 Å². The van der Waals surface area contributed by atoms with Crippen LogP contribution in [-0.2, 0) is 13.1 Å². The smallest absolute Gasteiger partial charge is 0.357 e. The number of rotatable bonds is 7. The number of aliphatic imine (C=N–C) groups is 1. The molecule has 9 heteroatoms. The van der Waals surface area contributed by atoms with Crippen molar-refractivity contribution in [2.24, 2.45) is 4.99 Å². The Bertz CT molecular complexity index is 660. The molecule has 0 saturated carbocycles. The van der Waals surface area contributed by atoms with Crippen molar-refractivity contribution in [3.8, 4) is 0 Å². The Morgan fingerprint density at radius 2 is 2.07 bits per heavy atom. The number of hydrogen-bond acceptors (Lipinski definition) is 3. The van der Waals surface area contributed by atoms with Gasteiger partial charge in [-0.25, -0.2) is 9.38 Å². The predicted molar refractivity (Wildman–Crippen MR) is 103 cm³/mol. The number of halogens is 4. The van der Waals surface area contributed by atoms with Crippen molar-refractivity contribution in [2.45, 2.75) is 38.7 Å². The summed E-state index contributed by atoms with van der Waals surface area (Å²) >= 11 is 0. The molecule has 1 heterocycles. The van der Waals surface area contributed by atoms with Crippen LogP contribution >= 0.6 is 0 Å². The second-order valence-corrected chi connectivity index (χ2v) is 7.34. The molecule has 0 bridgehead atoms. The highest BCUT2D eigenvalue weighted by atomic mass is 19.4. The fraction of sp³-hybridized carbons (Fsp3) is 0.632. The van der Waals surface area contributed by atoms with Crippen LogP contribution in [0.5, 0.6) is 0 Å². The lowest BCUT2D eigenvalue weighted by Gasteiger charge is -2.19. The summed E-state index contributed by atoms with van der Waals surface area (Å²) in [5.74, 6) is 0.307. The van der Waals surface area contributed by atoms with Crippen LogP contribution in [0.15, 0.2) is 23.2 Å². The first kappa shape index (κ1) is 22.4. The van der Waals surface area contributed by atoms with Crippen molar-refractivity contribution in [2.75, 3.05) is 40.3 Å². The lowest BCUT2D eigenvalue weighted by atomic mass is 10.1. The summed E-state index contributed by atoms with van der Waals surface area (Å²) in [5.41, 5.74) is 1.48. The molecule has 1 aromatic carbocycles. The Morgan fingerprint density at radius 3 is 2.71 bits per heavy atom. The van der Waals surface area contributed by atoms with Gasteiger partial charge in [0.1, 0.15) is 5.82 Å². The maximum atomic E-state index is 13.9. The highest BCUT2D eigenvalue weighted by molar-refractivity contribution is 5.80. The lowest BCUT2D eigenvalue weighted by molar-refractivity contribution is -0.143. The van der Waals surface area contributed by atoms with E-state index in [0.29, 0.717) is 50.7 Å². The van der Waals surface area contributed by atoms with E-state index in [0.717, 1.165) is 5.56 Å². The van der Waals surface area contributed by atoms with E-state index in [1.54, 1.807) is 12.1 Å². The van der Waals surface area contributed by atoms with Crippen LogP contribution < -0.4 is 10.6 Å². The van der Waals surface area contributed by atoms with E-state index >= 15 is 0 Å². The summed E-state index contributed by atoms with van der Waals surface area (Å²) in [4.78, 5) is 7.80. The summed E-state index contributed by atoms with van der Waals surface area (Å²) in [6.07, 6.45) is -3.55. The van der Waals surface area contributed by atoms with E-state index in [9.17, 15) is 17.6 Å². The fourth-order valence-corrected chi connectivity index (χ4v) is 3.22. The second-order valence-electron chi connectivity index (χ2n) is 7.34. The normalized spacial score (nSPS) is 18.7. The Balaban J connectivity index is 1.97. The van der Waals surface area contributed by atoms with E-state index in [2.05, 4.69) is 15.6 Å². The van der Waals surface area contributed by atoms with Crippen LogP contribution in [-0.4, -0.2) is 68.3 Å². The van der Waals surface area contributed by atoms with E-state index in [4.69, 9.17) is 0 Å². The quantitative estimate of drug-likeness (QED) is 0.417. The second kappa shape index (κ2) is 10.1. The molecule has 1 aliphatic rings. The van der Waals surface area contributed by atoms with Crippen molar-refractivity contribution < 1.29 is 17.6 Å². The topological polar surface area (TPSA) is 42.9 Å². The monoisotopic (exact) mass is 403 g/mol. The lowest BCUT2D eigenvalue weighted by Crippen LogP contribution is -2.45. The number of alkyl halides is 3. The molecule has 0 amide bonds. The molecule has 28 heavy (non-hydrogen) atoms. The summed E-state index contributed by atoms with van der Waals surface area (Å²) in [5, 5.41) is 6.33. The third-order valence-electron chi connectivity index (χ3n) is 4.38. The molecule has 1 aromatic rings. The first-order valence-electron chi connectivity index (χ1n) is 9.42. The molecule has 1 aliphatic heterocycles. The zero-order chi connectivity index (χ0) is 20.7. The van der Waals surface area contributed by atoms with E-state index in [-0.39, 0.29) is 11.9 Å². The van der Waals surface area contributed by atoms with Crippen molar-refractivity contribution in [1.82, 2.24) is 20.4 Å². The molecule has 0 aliphatic carbocycles. The van der Waals surface area contributed by atoms with Gasteiger partial charge in [0.2, 0.25) is 0 Å². The van der Waals surface area contributed by atoms with Gasteiger partial charge in [0, 0.05) is 37.8 Å². The van der Waals surface area contributed by atoms with Crippen LogP contribution in [0.4, 0.5) is 17.6 Å². The van der Waals surface area contributed by atoms with Crippen LogP contribution in [0, 0.1) is 5.82 Å². The largest absolute Gasteiger partial charge is 0.401 e. The highest BCUT2D eigenvalue weighted by Crippen LogP contribution is 2.20. The summed E-state index contributed by atoms with van der Waals surface area (Å²) < 4.78 is 51.5. The Hall–Kier alpha value is -1.87. The van der Waals surface area contributed by atoms with Gasteiger partial charge in [-0.05, 0) is 45.1 Å². The number of guanidine groups is 1. The zero-order valence-corrected chi connectivity index (χ0v) is 16.6. The van der Waals surface area contributed by atoms with Crippen molar-refractivity contribution in [3.63, 3.8) is 0 Å². The number of nitrogens with zero attached hydrogens (tertiary/aromatic N) is 3. The SMILES string of the molecule is CCNC(=NCc1ccc(F)c(CN(C)C)c1)NC1CCN(CC(F)(F)F)C1. The van der Waals surface area contributed by atoms with Gasteiger partial charge in [-0.15, -0.1) is 0 Å². The molecular formula is C19H29F4N5. The van der Waals surface area contributed by atoms with Gasteiger partial charge < -0.3 is 15.5 Å². The van der Waals surface area contributed by atoms with Gasteiger partial charge in [-0.1, -0.05) is 6.07 Å². The maximum absolute atomic E-state index is 13.9. The van der Waals surface area contributed by atoms with Gasteiger partial charge in [-0.2, -0.15) is 13.2 Å². The van der Waals surface area contributed by atoms with Crippen molar-refractivity contribution in [1.29, 1.82) is 0 Å². The van der Waals surface area contributed by atoms with Gasteiger partial charge >= 0.3 is 6.18 Å². The van der Waals surface area contributed by atoms with Gasteiger partial charge in [0.25, 0.3) is 0 Å². The summed E-state index contributed by atoms with van der Waals surface area (Å²) in [6, 6.07) is 4.85. The Morgan fingerprint density at radius 1 is 1.32 bits per heavy atom. The van der Waals surface area contributed by atoms with E-state index in [1.807, 2.05) is 25.9 Å². The number of nitrogens with one attached hydrogen (secondary N) is 2. The molecule has 1 saturated heterocycles. The van der Waals surface area contributed by atoms with Crippen LogP contribution in [0.3, 0.4) is 0 Å². The third-order valence-corrected chi connectivity index (χ3v) is 4.38. The average molecular weight is 403 g/mol. The number of benzene rings is 1. The molecule has 2 rings (SSSR count). The maximum Gasteiger partial charge on any atom is 0.401 e. The number of likely N-dealkylation sites (tertiary alicyclic amines) is 1. The minimum absolute atomic E-state index is 0.0855. The highest BCUT2D eigenvalue weighted by Gasteiger charge is 2.34. The Labute approximate surface area is 163 Å². The average Bonchev–Trinajstić information content (AvgIpc) is 3.00. The summed E-state index contributed by atoms with van der Waals surface area (Å²) in [6.45, 7) is 3.27. The van der Waals surface area contributed by atoms with Gasteiger partial charge in [0.05, 0.1) is 13.1 Å². The van der Waals surface area contributed by atoms with E-state index in [1.165, 1.54) is 11.0 Å².